The zero-order valence-electron chi connectivity index (χ0n) is 12.7. The molecule has 0 amide bonds. The monoisotopic (exact) mass is 262 g/mol. The first-order valence-electron chi connectivity index (χ1n) is 7.19. The summed E-state index contributed by atoms with van der Waals surface area (Å²) in [4.78, 5) is 0. The second-order valence-electron chi connectivity index (χ2n) is 4.07. The summed E-state index contributed by atoms with van der Waals surface area (Å²) < 4.78 is 22.9. The van der Waals surface area contributed by atoms with E-state index in [0.717, 1.165) is 12.8 Å². The van der Waals surface area contributed by atoms with Gasteiger partial charge in [-0.1, -0.05) is 13.3 Å². The van der Waals surface area contributed by atoms with Gasteiger partial charge in [-0.3, -0.25) is 0 Å². The third-order valence-electron chi connectivity index (χ3n) is 2.63. The van der Waals surface area contributed by atoms with Crippen LogP contribution in [-0.2, 0) is 18.9 Å². The molecule has 0 radical (unpaired) electrons. The van der Waals surface area contributed by atoms with Gasteiger partial charge in [-0.2, -0.15) is 0 Å². The van der Waals surface area contributed by atoms with E-state index in [-0.39, 0.29) is 6.29 Å². The van der Waals surface area contributed by atoms with E-state index in [4.69, 9.17) is 18.9 Å². The van der Waals surface area contributed by atoms with Crippen LogP contribution in [0.25, 0.3) is 0 Å². The lowest BCUT2D eigenvalue weighted by molar-refractivity contribution is -0.277. The number of ether oxygens (including phenoxy) is 4. The van der Waals surface area contributed by atoms with Crippen LogP contribution in [0.5, 0.6) is 0 Å². The first kappa shape index (κ1) is 17.8. The molecule has 0 heterocycles. The Kier molecular flexibility index (Phi) is 10.6. The van der Waals surface area contributed by atoms with Crippen molar-refractivity contribution >= 4 is 0 Å². The third-order valence-corrected chi connectivity index (χ3v) is 2.63. The summed E-state index contributed by atoms with van der Waals surface area (Å²) in [7, 11) is 0. The van der Waals surface area contributed by atoms with Crippen molar-refractivity contribution in [3.05, 3.63) is 0 Å². The largest absolute Gasteiger partial charge is 0.353 e. The van der Waals surface area contributed by atoms with Crippen LogP contribution in [0.1, 0.15) is 53.9 Å². The highest BCUT2D eigenvalue weighted by molar-refractivity contribution is 4.72. The number of hydrogen-bond donors (Lipinski definition) is 0. The molecule has 0 saturated heterocycles. The van der Waals surface area contributed by atoms with E-state index in [1.54, 1.807) is 0 Å². The Bertz CT molecular complexity index is 162. The predicted octanol–water partition coefficient (Wildman–Crippen LogP) is 3.35. The van der Waals surface area contributed by atoms with Crippen molar-refractivity contribution in [3.8, 4) is 0 Å². The minimum Gasteiger partial charge on any atom is -0.353 e. The molecule has 0 bridgehead atoms. The maximum absolute atomic E-state index is 5.85. The van der Waals surface area contributed by atoms with Crippen LogP contribution < -0.4 is 0 Å². The van der Waals surface area contributed by atoms with E-state index in [0.29, 0.717) is 32.8 Å². The van der Waals surface area contributed by atoms with Crippen LogP contribution in [0.15, 0.2) is 0 Å². The molecule has 0 aliphatic carbocycles. The van der Waals surface area contributed by atoms with Crippen molar-refractivity contribution in [2.75, 3.05) is 26.4 Å². The van der Waals surface area contributed by atoms with Crippen molar-refractivity contribution < 1.29 is 18.9 Å². The van der Waals surface area contributed by atoms with E-state index in [1.165, 1.54) is 0 Å². The van der Waals surface area contributed by atoms with Gasteiger partial charge in [0.15, 0.2) is 12.1 Å². The molecule has 110 valence electrons. The van der Waals surface area contributed by atoms with Crippen LogP contribution in [-0.4, -0.2) is 38.5 Å². The average molecular weight is 262 g/mol. The lowest BCUT2D eigenvalue weighted by atomic mass is 10.1. The van der Waals surface area contributed by atoms with Crippen molar-refractivity contribution in [1.29, 1.82) is 0 Å². The van der Waals surface area contributed by atoms with Crippen LogP contribution in [0.3, 0.4) is 0 Å². The molecule has 0 aromatic rings. The van der Waals surface area contributed by atoms with Crippen molar-refractivity contribution in [2.45, 2.75) is 66.0 Å². The molecule has 0 atom stereocenters. The van der Waals surface area contributed by atoms with Gasteiger partial charge in [-0.05, 0) is 27.7 Å². The summed E-state index contributed by atoms with van der Waals surface area (Å²) >= 11 is 0. The fraction of sp³-hybridized carbons (Fsp3) is 1.00. The van der Waals surface area contributed by atoms with Gasteiger partial charge in [0.25, 0.3) is 0 Å². The minimum absolute atomic E-state index is 0.260. The van der Waals surface area contributed by atoms with E-state index in [2.05, 4.69) is 6.92 Å². The summed E-state index contributed by atoms with van der Waals surface area (Å²) in [6.07, 6.45) is 2.21. The second kappa shape index (κ2) is 10.7. The van der Waals surface area contributed by atoms with Gasteiger partial charge >= 0.3 is 0 Å². The van der Waals surface area contributed by atoms with E-state index in [1.807, 2.05) is 27.7 Å². The van der Waals surface area contributed by atoms with Gasteiger partial charge in [0.05, 0.1) is 6.42 Å². The molecule has 0 spiro atoms. The SMILES string of the molecule is CCCC(CC(OCC)OCC)(OCC)OCC. The Morgan fingerprint density at radius 3 is 1.61 bits per heavy atom. The molecule has 4 heteroatoms. The fourth-order valence-electron chi connectivity index (χ4n) is 2.10. The Balaban J connectivity index is 4.66. The van der Waals surface area contributed by atoms with E-state index >= 15 is 0 Å². The summed E-state index contributed by atoms with van der Waals surface area (Å²) in [6.45, 7) is 12.6. The molecule has 0 rings (SSSR count). The van der Waals surface area contributed by atoms with Gasteiger partial charge in [0, 0.05) is 32.8 Å². The minimum atomic E-state index is -0.576. The average Bonchev–Trinajstić information content (AvgIpc) is 2.30. The molecule has 0 saturated carbocycles. The second-order valence-corrected chi connectivity index (χ2v) is 4.07. The molecule has 0 N–H and O–H groups in total. The quantitative estimate of drug-likeness (QED) is 0.505. The Morgan fingerprint density at radius 2 is 1.28 bits per heavy atom. The van der Waals surface area contributed by atoms with Crippen LogP contribution in [0, 0.1) is 0 Å². The van der Waals surface area contributed by atoms with Gasteiger partial charge in [0.2, 0.25) is 0 Å². The third kappa shape index (κ3) is 6.69. The van der Waals surface area contributed by atoms with Crippen molar-refractivity contribution in [2.24, 2.45) is 0 Å². The maximum atomic E-state index is 5.85. The number of rotatable bonds is 12. The standard InChI is InChI=1S/C14H30O4/c1-6-11-14(17-9-4,18-10-5)12-13(15-7-2)16-8-3/h13H,6-12H2,1-5H3. The zero-order valence-corrected chi connectivity index (χ0v) is 12.7. The van der Waals surface area contributed by atoms with Gasteiger partial charge in [0.1, 0.15) is 0 Å². The zero-order chi connectivity index (χ0) is 13.9. The fourth-order valence-corrected chi connectivity index (χ4v) is 2.10. The lowest BCUT2D eigenvalue weighted by Crippen LogP contribution is -2.41. The molecule has 0 fully saturated rings. The summed E-state index contributed by atoms with van der Waals surface area (Å²) in [6, 6.07) is 0. The highest BCUT2D eigenvalue weighted by Crippen LogP contribution is 2.27. The Hall–Kier alpha value is -0.160. The molecule has 0 unspecified atom stereocenters. The molecule has 0 aromatic heterocycles. The first-order valence-corrected chi connectivity index (χ1v) is 7.19. The predicted molar refractivity (Wildman–Crippen MR) is 72.5 cm³/mol. The smallest absolute Gasteiger partial charge is 0.173 e. The summed E-state index contributed by atoms with van der Waals surface area (Å²) in [5.74, 6) is -0.576. The van der Waals surface area contributed by atoms with Gasteiger partial charge in [-0.15, -0.1) is 0 Å². The molecule has 0 aromatic carbocycles. The summed E-state index contributed by atoms with van der Waals surface area (Å²) in [5.41, 5.74) is 0. The van der Waals surface area contributed by atoms with E-state index in [9.17, 15) is 0 Å². The highest BCUT2D eigenvalue weighted by atomic mass is 16.7. The molecule has 18 heavy (non-hydrogen) atoms. The molecule has 0 aliphatic heterocycles. The molecule has 0 aliphatic rings. The lowest BCUT2D eigenvalue weighted by Gasteiger charge is -2.35. The molecular formula is C14H30O4. The summed E-state index contributed by atoms with van der Waals surface area (Å²) in [5, 5.41) is 0. The van der Waals surface area contributed by atoms with Crippen LogP contribution in [0.4, 0.5) is 0 Å². The highest BCUT2D eigenvalue weighted by Gasteiger charge is 2.34. The van der Waals surface area contributed by atoms with E-state index < -0.39 is 5.79 Å². The molecular weight excluding hydrogens is 232 g/mol. The normalized spacial score (nSPS) is 12.3. The molecule has 4 nitrogen and oxygen atoms in total. The van der Waals surface area contributed by atoms with Gasteiger partial charge < -0.3 is 18.9 Å². The van der Waals surface area contributed by atoms with Crippen molar-refractivity contribution in [1.82, 2.24) is 0 Å². The Labute approximate surface area is 112 Å². The van der Waals surface area contributed by atoms with Crippen LogP contribution >= 0.6 is 0 Å². The van der Waals surface area contributed by atoms with Crippen molar-refractivity contribution in [3.63, 3.8) is 0 Å². The Morgan fingerprint density at radius 1 is 0.778 bits per heavy atom. The van der Waals surface area contributed by atoms with Gasteiger partial charge in [-0.25, -0.2) is 0 Å². The first-order chi connectivity index (χ1) is 8.67. The maximum Gasteiger partial charge on any atom is 0.173 e. The number of hydrogen-bond acceptors (Lipinski definition) is 4. The van der Waals surface area contributed by atoms with Crippen LogP contribution in [0.2, 0.25) is 0 Å². The topological polar surface area (TPSA) is 36.9 Å².